The first-order valence-electron chi connectivity index (χ1n) is 13.5. The molecule has 2 fully saturated rings. The van der Waals surface area contributed by atoms with Gasteiger partial charge in [0.25, 0.3) is 0 Å². The Morgan fingerprint density at radius 3 is 2.15 bits per heavy atom. The summed E-state index contributed by atoms with van der Waals surface area (Å²) in [5, 5.41) is 0. The number of hydrogen-bond donors (Lipinski definition) is 0. The first kappa shape index (κ1) is 26.5. The molecule has 0 spiro atoms. The highest BCUT2D eigenvalue weighted by molar-refractivity contribution is 6.58. The Bertz CT molecular complexity index is 723. The van der Waals surface area contributed by atoms with Crippen molar-refractivity contribution in [3.63, 3.8) is 0 Å². The molecule has 1 heterocycles. The average molecular weight is 483 g/mol. The van der Waals surface area contributed by atoms with E-state index in [1.165, 1.54) is 64.2 Å². The van der Waals surface area contributed by atoms with Crippen molar-refractivity contribution in [2.45, 2.75) is 109 Å². The molecule has 1 saturated heterocycles. The van der Waals surface area contributed by atoms with E-state index in [0.717, 1.165) is 42.7 Å². The molecule has 1 saturated carbocycles. The summed E-state index contributed by atoms with van der Waals surface area (Å²) in [6, 6.07) is 7.03. The van der Waals surface area contributed by atoms with Gasteiger partial charge in [-0.3, -0.25) is 0 Å². The summed E-state index contributed by atoms with van der Waals surface area (Å²) in [5.74, 6) is -0.838. The quantitative estimate of drug-likeness (QED) is 0.167. The van der Waals surface area contributed by atoms with Gasteiger partial charge in [0.05, 0.1) is 5.56 Å². The number of aryl methyl sites for hydroxylation is 1. The van der Waals surface area contributed by atoms with Crippen LogP contribution in [0.2, 0.25) is 18.1 Å². The minimum atomic E-state index is -1.51. The Balaban J connectivity index is 1.32. The second kappa shape index (κ2) is 13.7. The van der Waals surface area contributed by atoms with Crippen LogP contribution in [0.1, 0.15) is 95.1 Å². The van der Waals surface area contributed by atoms with E-state index in [1.807, 2.05) is 0 Å². The Morgan fingerprint density at radius 2 is 1.55 bits per heavy atom. The second-order valence-electron chi connectivity index (χ2n) is 10.7. The molecule has 0 atom stereocenters. The molecule has 5 heteroatoms. The highest BCUT2D eigenvalue weighted by Gasteiger charge is 2.31. The maximum atomic E-state index is 13.9. The fourth-order valence-electron chi connectivity index (χ4n) is 6.39. The van der Waals surface area contributed by atoms with Gasteiger partial charge in [-0.25, -0.2) is 17.6 Å². The number of halogens is 4. The number of rotatable bonds is 11. The van der Waals surface area contributed by atoms with E-state index < -0.39 is 38.2 Å². The Morgan fingerprint density at radius 1 is 0.909 bits per heavy atom. The van der Waals surface area contributed by atoms with E-state index in [1.54, 1.807) is 18.1 Å². The van der Waals surface area contributed by atoms with Gasteiger partial charge in [-0.15, -0.1) is 0 Å². The molecule has 0 radical (unpaired) electrons. The molecule has 186 valence electrons. The molecule has 0 N–H and O–H groups in total. The smallest absolute Gasteiger partial charge is 0.164 e. The van der Waals surface area contributed by atoms with E-state index in [4.69, 9.17) is 0 Å². The summed E-state index contributed by atoms with van der Waals surface area (Å²) in [6.45, 7) is 2.30. The lowest BCUT2D eigenvalue weighted by molar-refractivity contribution is 0.184. The summed E-state index contributed by atoms with van der Waals surface area (Å²) < 4.78 is 53.4. The topological polar surface area (TPSA) is 0 Å². The normalized spacial score (nSPS) is 26.5. The van der Waals surface area contributed by atoms with Crippen molar-refractivity contribution in [1.29, 1.82) is 0 Å². The van der Waals surface area contributed by atoms with Gasteiger partial charge < -0.3 is 0 Å². The maximum absolute atomic E-state index is 13.9. The van der Waals surface area contributed by atoms with Crippen molar-refractivity contribution in [3.05, 3.63) is 41.2 Å². The van der Waals surface area contributed by atoms with Crippen molar-refractivity contribution < 1.29 is 17.6 Å². The van der Waals surface area contributed by atoms with Crippen molar-refractivity contribution in [3.8, 4) is 0 Å². The van der Waals surface area contributed by atoms with Crippen LogP contribution in [0.25, 0.3) is 5.83 Å². The molecule has 1 aliphatic carbocycles. The van der Waals surface area contributed by atoms with Crippen molar-refractivity contribution in [2.24, 2.45) is 17.8 Å². The summed E-state index contributed by atoms with van der Waals surface area (Å²) in [4.78, 5) is 0. The zero-order valence-electron chi connectivity index (χ0n) is 20.4. The lowest BCUT2D eigenvalue weighted by Crippen LogP contribution is -2.28. The molecule has 0 nitrogen and oxygen atoms in total. The van der Waals surface area contributed by atoms with Crippen LogP contribution in [0.15, 0.2) is 18.5 Å². The first-order chi connectivity index (χ1) is 16.0. The van der Waals surface area contributed by atoms with Gasteiger partial charge in [0.2, 0.25) is 0 Å². The van der Waals surface area contributed by atoms with Crippen LogP contribution in [0.4, 0.5) is 17.6 Å². The largest absolute Gasteiger partial charge is 0.212 e. The Hall–Kier alpha value is -1.10. The Labute approximate surface area is 199 Å². The van der Waals surface area contributed by atoms with Gasteiger partial charge in [-0.2, -0.15) is 0 Å². The molecule has 1 aromatic carbocycles. The zero-order chi connectivity index (χ0) is 23.6. The Kier molecular flexibility index (Phi) is 11.0. The predicted molar refractivity (Wildman–Crippen MR) is 133 cm³/mol. The average Bonchev–Trinajstić information content (AvgIpc) is 2.82. The third-order valence-electron chi connectivity index (χ3n) is 8.43. The molecule has 0 bridgehead atoms. The van der Waals surface area contributed by atoms with Gasteiger partial charge in [-0.1, -0.05) is 82.8 Å². The summed E-state index contributed by atoms with van der Waals surface area (Å²) in [6.07, 6.45) is 16.0. The lowest BCUT2D eigenvalue weighted by atomic mass is 9.73. The van der Waals surface area contributed by atoms with Crippen LogP contribution >= 0.6 is 0 Å². The van der Waals surface area contributed by atoms with Crippen LogP contribution < -0.4 is 0 Å². The van der Waals surface area contributed by atoms with Crippen LogP contribution in [0.3, 0.4) is 0 Å². The molecule has 2 aliphatic rings. The van der Waals surface area contributed by atoms with Crippen LogP contribution in [-0.2, 0) is 6.42 Å². The van der Waals surface area contributed by atoms with E-state index in [0.29, 0.717) is 12.0 Å². The summed E-state index contributed by atoms with van der Waals surface area (Å²) >= 11 is 0. The molecular formula is C28H42F4Si. The number of unbranched alkanes of at least 4 members (excludes halogenated alkanes) is 3. The number of hydrogen-bond acceptors (Lipinski definition) is 0. The van der Waals surface area contributed by atoms with E-state index >= 15 is 0 Å². The van der Waals surface area contributed by atoms with Gasteiger partial charge in [0, 0.05) is 8.80 Å². The van der Waals surface area contributed by atoms with Gasteiger partial charge >= 0.3 is 0 Å². The highest BCUT2D eigenvalue weighted by atomic mass is 28.3. The monoisotopic (exact) mass is 482 g/mol. The highest BCUT2D eigenvalue weighted by Crippen LogP contribution is 2.42. The molecule has 33 heavy (non-hydrogen) atoms. The lowest BCUT2D eigenvalue weighted by Gasteiger charge is -2.37. The zero-order valence-corrected chi connectivity index (χ0v) is 21.5. The van der Waals surface area contributed by atoms with Crippen LogP contribution in [-0.4, -0.2) is 8.80 Å². The van der Waals surface area contributed by atoms with Gasteiger partial charge in [0.15, 0.2) is 5.83 Å². The fourth-order valence-corrected chi connectivity index (χ4v) is 9.93. The first-order valence-corrected chi connectivity index (χ1v) is 15.9. The SMILES string of the molecule is CCCCC[Si@H]1CC[C@H]([C@H]2CC[C@H](CCCCc3cc(F)c(C(F)=CF)c(F)c3)CC2)CC1. The van der Waals surface area contributed by atoms with Crippen molar-refractivity contribution in [2.75, 3.05) is 0 Å². The molecule has 0 aromatic heterocycles. The van der Waals surface area contributed by atoms with Crippen LogP contribution in [0.5, 0.6) is 0 Å². The van der Waals surface area contributed by atoms with Crippen LogP contribution in [0, 0.1) is 29.4 Å². The molecule has 1 aromatic rings. The standard InChI is InChI=1S/C28H42F4Si/c1-2-3-6-15-33-16-13-24(14-17-33)23-11-9-21(10-12-23)7-4-5-8-22-18-25(30)28(26(31)19-22)27(32)20-29/h18-21,23-24,33H,2-17H2,1H3/t21-,23-,24-,33-. The molecule has 0 unspecified atom stereocenters. The van der Waals surface area contributed by atoms with E-state index in [2.05, 4.69) is 6.92 Å². The van der Waals surface area contributed by atoms with E-state index in [9.17, 15) is 17.6 Å². The third-order valence-corrected chi connectivity index (χ3v) is 12.0. The third kappa shape index (κ3) is 7.97. The van der Waals surface area contributed by atoms with Crippen molar-refractivity contribution in [1.82, 2.24) is 0 Å². The molecule has 1 aliphatic heterocycles. The van der Waals surface area contributed by atoms with E-state index in [-0.39, 0.29) is 0 Å². The molecule has 3 rings (SSSR count). The minimum Gasteiger partial charge on any atom is -0.212 e. The van der Waals surface area contributed by atoms with Gasteiger partial charge in [-0.05, 0) is 61.1 Å². The summed E-state index contributed by atoms with van der Waals surface area (Å²) in [5.41, 5.74) is -0.400. The fraction of sp³-hybridized carbons (Fsp3) is 0.714. The second-order valence-corrected chi connectivity index (χ2v) is 14.2. The number of benzene rings is 1. The maximum Gasteiger partial charge on any atom is 0.164 e. The van der Waals surface area contributed by atoms with Gasteiger partial charge in [0.1, 0.15) is 18.0 Å². The molecular weight excluding hydrogens is 440 g/mol. The van der Waals surface area contributed by atoms with Crippen molar-refractivity contribution >= 4 is 14.6 Å². The minimum absolute atomic E-state index is 0.406. The molecule has 0 amide bonds. The predicted octanol–water partition coefficient (Wildman–Crippen LogP) is 9.55. The summed E-state index contributed by atoms with van der Waals surface area (Å²) in [7, 11) is -0.410.